The third-order valence-electron chi connectivity index (χ3n) is 7.54. The number of phenols is 1. The van der Waals surface area contributed by atoms with Crippen LogP contribution in [-0.4, -0.2) is 59.8 Å². The Morgan fingerprint density at radius 1 is 1.14 bits per heavy atom. The van der Waals surface area contributed by atoms with Gasteiger partial charge >= 0.3 is 6.03 Å². The summed E-state index contributed by atoms with van der Waals surface area (Å²) in [4.78, 5) is 62.1. The van der Waals surface area contributed by atoms with Crippen molar-refractivity contribution in [2.45, 2.75) is 28.5 Å². The summed E-state index contributed by atoms with van der Waals surface area (Å²) in [6.45, 7) is 0. The lowest BCUT2D eigenvalue weighted by atomic mass is 9.56. The number of hydrogen-bond donors (Lipinski definition) is 2. The van der Waals surface area contributed by atoms with Gasteiger partial charge in [0.1, 0.15) is 5.75 Å². The number of primary amides is 1. The van der Waals surface area contributed by atoms with Crippen molar-refractivity contribution in [3.8, 4) is 5.75 Å². The van der Waals surface area contributed by atoms with E-state index in [1.54, 1.807) is 6.08 Å². The van der Waals surface area contributed by atoms with Gasteiger partial charge in [0.2, 0.25) is 11.8 Å². The number of aromatic hydroxyl groups is 1. The van der Waals surface area contributed by atoms with Crippen LogP contribution in [0.4, 0.5) is 4.79 Å². The van der Waals surface area contributed by atoms with Crippen molar-refractivity contribution in [3.63, 3.8) is 0 Å². The third kappa shape index (κ3) is 2.97. The summed E-state index contributed by atoms with van der Waals surface area (Å²) < 4.78 is 0. The Morgan fingerprint density at radius 3 is 2.46 bits per heavy atom. The molecule has 184 valence electrons. The number of likely N-dealkylation sites (tertiary alicyclic amines) is 2. The zero-order chi connectivity index (χ0) is 25.6. The van der Waals surface area contributed by atoms with Crippen molar-refractivity contribution in [1.82, 2.24) is 9.80 Å². The number of allylic oxidation sites excluding steroid dienone is 2. The number of hydrogen-bond acceptors (Lipinski definition) is 6. The second-order valence-corrected chi connectivity index (χ2v) is 11.2. The largest absolute Gasteiger partial charge is 0.508 e. The zero-order valence-corrected chi connectivity index (χ0v) is 21.6. The van der Waals surface area contributed by atoms with E-state index in [0.29, 0.717) is 10.5 Å². The summed E-state index contributed by atoms with van der Waals surface area (Å²) in [6.07, 6.45) is 1.49. The molecular formula is C22H17BrCl3N3O6. The number of nitrogens with zero attached hydrogens (tertiary/aromatic N) is 2. The molecule has 3 N–H and O–H groups in total. The Morgan fingerprint density at radius 2 is 1.83 bits per heavy atom. The maximum Gasteiger partial charge on any atom is 0.328 e. The molecule has 1 aromatic carbocycles. The quantitative estimate of drug-likeness (QED) is 0.230. The van der Waals surface area contributed by atoms with Crippen molar-refractivity contribution in [2.75, 3.05) is 5.45 Å². The number of halogens is 4. The summed E-state index contributed by atoms with van der Waals surface area (Å²) in [7, 11) is 0. The highest BCUT2D eigenvalue weighted by Gasteiger charge is 2.76. The van der Waals surface area contributed by atoms with Crippen LogP contribution in [0.5, 0.6) is 5.75 Å². The molecule has 6 atom stereocenters. The predicted octanol–water partition coefficient (Wildman–Crippen LogP) is 2.84. The number of carbonyl (C=O) groups is 5. The van der Waals surface area contributed by atoms with Crippen LogP contribution >= 0.6 is 50.7 Å². The summed E-state index contributed by atoms with van der Waals surface area (Å²) >= 11 is 23.4. The van der Waals surface area contributed by atoms with Gasteiger partial charge in [0.15, 0.2) is 9.75 Å². The van der Waals surface area contributed by atoms with Crippen molar-refractivity contribution < 1.29 is 29.1 Å². The lowest BCUT2D eigenvalue weighted by Crippen LogP contribution is -2.60. The first-order chi connectivity index (χ1) is 16.4. The number of rotatable bonds is 2. The minimum absolute atomic E-state index is 0.0647. The molecule has 2 heterocycles. The molecule has 1 saturated carbocycles. The van der Waals surface area contributed by atoms with Gasteiger partial charge in [-0.05, 0) is 37.0 Å². The van der Waals surface area contributed by atoms with Crippen LogP contribution < -0.4 is 5.73 Å². The van der Waals surface area contributed by atoms with Crippen molar-refractivity contribution >= 4 is 80.4 Å². The minimum Gasteiger partial charge on any atom is -0.508 e. The third-order valence-corrected chi connectivity index (χ3v) is 9.69. The molecule has 0 unspecified atom stereocenters. The molecule has 1 aromatic rings. The number of imide groups is 4. The highest BCUT2D eigenvalue weighted by Crippen LogP contribution is 2.66. The fourth-order valence-electron chi connectivity index (χ4n) is 6.07. The molecule has 0 bridgehead atoms. The van der Waals surface area contributed by atoms with Crippen molar-refractivity contribution in [1.29, 1.82) is 0 Å². The molecule has 6 amide bonds. The van der Waals surface area contributed by atoms with E-state index in [1.807, 2.05) is 0 Å². The number of carbonyl (C=O) groups excluding carboxylic acids is 5. The van der Waals surface area contributed by atoms with Gasteiger partial charge in [0.25, 0.3) is 11.8 Å². The first-order valence-corrected chi connectivity index (χ1v) is 12.8. The molecule has 0 spiro atoms. The second-order valence-electron chi connectivity index (χ2n) is 9.04. The molecule has 0 aromatic heterocycles. The van der Waals surface area contributed by atoms with E-state index in [-0.39, 0.29) is 34.6 Å². The number of fused-ring (bicyclic) bond motifs is 4. The first kappa shape index (κ1) is 24.5. The topological polar surface area (TPSA) is 138 Å². The predicted molar refractivity (Wildman–Crippen MR) is 128 cm³/mol. The Hall–Kier alpha value is -2.14. The van der Waals surface area contributed by atoms with E-state index in [0.717, 1.165) is 4.90 Å². The average Bonchev–Trinajstić information content (AvgIpc) is 3.14. The Bertz CT molecular complexity index is 1270. The molecule has 3 fully saturated rings. The number of alkyl halides is 3. The summed E-state index contributed by atoms with van der Waals surface area (Å²) in [5.41, 5.74) is 5.72. The summed E-state index contributed by atoms with van der Waals surface area (Å²) in [5.74, 6) is -7.24. The lowest BCUT2D eigenvalue weighted by molar-refractivity contribution is -0.139. The minimum atomic E-state index is -2.06. The average molecular weight is 606 g/mol. The van der Waals surface area contributed by atoms with Crippen LogP contribution in [0.15, 0.2) is 29.8 Å². The molecule has 5 rings (SSSR count). The van der Waals surface area contributed by atoms with Gasteiger partial charge in [-0.25, -0.2) is 4.79 Å². The molecule has 2 aliphatic carbocycles. The van der Waals surface area contributed by atoms with Gasteiger partial charge in [-0.1, -0.05) is 39.2 Å². The zero-order valence-electron chi connectivity index (χ0n) is 17.7. The molecule has 35 heavy (non-hydrogen) atoms. The van der Waals surface area contributed by atoms with E-state index in [9.17, 15) is 29.1 Å². The van der Waals surface area contributed by atoms with E-state index >= 15 is 0 Å². The van der Waals surface area contributed by atoms with Gasteiger partial charge < -0.3 is 10.8 Å². The number of benzene rings is 1. The fourth-order valence-corrected chi connectivity index (χ4v) is 7.67. The normalized spacial score (nSPS) is 36.2. The van der Waals surface area contributed by atoms with E-state index in [4.69, 9.17) is 40.5 Å². The number of urea groups is 1. The first-order valence-electron chi connectivity index (χ1n) is 10.6. The number of amides is 6. The van der Waals surface area contributed by atoms with Crippen LogP contribution in [0.2, 0.25) is 5.02 Å². The molecule has 2 aliphatic heterocycles. The lowest BCUT2D eigenvalue weighted by Gasteiger charge is -2.50. The van der Waals surface area contributed by atoms with Crippen molar-refractivity contribution in [3.05, 3.63) is 40.4 Å². The molecular weight excluding hydrogens is 589 g/mol. The highest BCUT2D eigenvalue weighted by atomic mass is 79.9. The molecule has 0 radical (unpaired) electrons. The summed E-state index contributed by atoms with van der Waals surface area (Å²) in [6, 6.07) is 2.99. The SMILES string of the molecule is NC(=O)N1C(=O)[C@H]2[C@H](CC=C3[C@H]2C[C@@]2(Cl)C(=O)N(CBr)C(=O)[C@@]2(Cl)[C@H]3c2cc(Cl)ccc2O)C1=O. The van der Waals surface area contributed by atoms with E-state index in [1.165, 1.54) is 18.2 Å². The van der Waals surface area contributed by atoms with Crippen LogP contribution in [0.3, 0.4) is 0 Å². The van der Waals surface area contributed by atoms with E-state index in [2.05, 4.69) is 15.9 Å². The maximum absolute atomic E-state index is 13.6. The van der Waals surface area contributed by atoms with Crippen LogP contribution in [0.1, 0.15) is 24.3 Å². The standard InChI is InChI=1S/C22H17BrCl3N3O6/c23-7-28-18(33)21(25)6-12-9(2-3-10-14(12)17(32)29(16(10)31)20(27)35)15(22(21,26)19(28)34)11-5-8(24)1-4-13(11)30/h1-2,4-5,10,12,14-15,30H,3,6-7H2,(H2,27,35)/t10-,12+,14-,15+,21+,22-/m0/s1. The van der Waals surface area contributed by atoms with Gasteiger partial charge in [-0.3, -0.25) is 24.1 Å². The van der Waals surface area contributed by atoms with Crippen LogP contribution in [-0.2, 0) is 19.2 Å². The number of nitrogens with two attached hydrogens (primary N) is 1. The fraction of sp³-hybridized carbons (Fsp3) is 0.409. The van der Waals surface area contributed by atoms with E-state index < -0.39 is 63.1 Å². The maximum atomic E-state index is 13.6. The Labute approximate surface area is 222 Å². The summed E-state index contributed by atoms with van der Waals surface area (Å²) in [5, 5.41) is 11.0. The van der Waals surface area contributed by atoms with Gasteiger partial charge in [0, 0.05) is 16.5 Å². The van der Waals surface area contributed by atoms with Crippen molar-refractivity contribution in [2.24, 2.45) is 23.5 Å². The van der Waals surface area contributed by atoms with Crippen LogP contribution in [0, 0.1) is 17.8 Å². The van der Waals surface area contributed by atoms with Gasteiger partial charge in [-0.15, -0.1) is 23.2 Å². The molecule has 4 aliphatic rings. The molecule has 9 nitrogen and oxygen atoms in total. The number of phenolic OH excluding ortho intramolecular Hbond substituents is 1. The van der Waals surface area contributed by atoms with Gasteiger partial charge in [-0.2, -0.15) is 4.90 Å². The van der Waals surface area contributed by atoms with Crippen LogP contribution in [0.25, 0.3) is 0 Å². The monoisotopic (exact) mass is 603 g/mol. The highest BCUT2D eigenvalue weighted by molar-refractivity contribution is 9.09. The molecule has 13 heteroatoms. The molecule has 2 saturated heterocycles. The smallest absolute Gasteiger partial charge is 0.328 e. The Balaban J connectivity index is 1.76. The van der Waals surface area contributed by atoms with Gasteiger partial charge in [0.05, 0.1) is 17.3 Å². The Kier molecular flexibility index (Phi) is 5.56. The second kappa shape index (κ2) is 7.93.